The summed E-state index contributed by atoms with van der Waals surface area (Å²) in [4.78, 5) is 23.5. The summed E-state index contributed by atoms with van der Waals surface area (Å²) >= 11 is 0. The van der Waals surface area contributed by atoms with Gasteiger partial charge < -0.3 is 19.5 Å². The zero-order chi connectivity index (χ0) is 17.4. The minimum Gasteiger partial charge on any atom is -0.493 e. The maximum Gasteiger partial charge on any atom is 0.331 e. The highest BCUT2D eigenvalue weighted by Gasteiger charge is 2.17. The Balaban J connectivity index is 1.85. The first-order valence-electron chi connectivity index (χ1n) is 7.99. The standard InChI is InChI=1S/C18H23NO5/c1-22-15-9-5-6-13(18(15)23-2)10-11-17(21)24-12-16(20)19-14-7-3-4-8-14/h5-6,9-11,14H,3-4,7-8,12H2,1-2H3,(H,19,20)/b11-10+. The molecule has 130 valence electrons. The summed E-state index contributed by atoms with van der Waals surface area (Å²) in [5.74, 6) is 0.260. The first-order chi connectivity index (χ1) is 11.6. The van der Waals surface area contributed by atoms with E-state index < -0.39 is 5.97 Å². The van der Waals surface area contributed by atoms with E-state index >= 15 is 0 Å². The van der Waals surface area contributed by atoms with Gasteiger partial charge in [-0.25, -0.2) is 4.79 Å². The third-order valence-electron chi connectivity index (χ3n) is 3.90. The first-order valence-corrected chi connectivity index (χ1v) is 7.99. The average Bonchev–Trinajstić information content (AvgIpc) is 3.10. The fraction of sp³-hybridized carbons (Fsp3) is 0.444. The van der Waals surface area contributed by atoms with Gasteiger partial charge in [0.25, 0.3) is 5.91 Å². The van der Waals surface area contributed by atoms with E-state index in [4.69, 9.17) is 14.2 Å². The van der Waals surface area contributed by atoms with E-state index in [1.165, 1.54) is 13.2 Å². The first kappa shape index (κ1) is 17.8. The molecule has 1 aliphatic carbocycles. The largest absolute Gasteiger partial charge is 0.493 e. The third-order valence-corrected chi connectivity index (χ3v) is 3.90. The molecule has 1 amide bonds. The lowest BCUT2D eigenvalue weighted by molar-refractivity contribution is -0.144. The second-order valence-electron chi connectivity index (χ2n) is 5.57. The zero-order valence-electron chi connectivity index (χ0n) is 14.0. The number of amides is 1. The van der Waals surface area contributed by atoms with Crippen LogP contribution in [0.4, 0.5) is 0 Å². The molecule has 1 aliphatic rings. The molecular formula is C18H23NO5. The van der Waals surface area contributed by atoms with Gasteiger partial charge in [0.1, 0.15) is 0 Å². The minimum absolute atomic E-state index is 0.216. The Morgan fingerprint density at radius 3 is 2.62 bits per heavy atom. The summed E-state index contributed by atoms with van der Waals surface area (Å²) in [5, 5.41) is 2.86. The van der Waals surface area contributed by atoms with Crippen LogP contribution in [0.2, 0.25) is 0 Å². The summed E-state index contributed by atoms with van der Waals surface area (Å²) in [6.45, 7) is -0.269. The molecule has 0 heterocycles. The number of nitrogens with one attached hydrogen (secondary N) is 1. The summed E-state index contributed by atoms with van der Waals surface area (Å²) in [6, 6.07) is 5.56. The van der Waals surface area contributed by atoms with Crippen molar-refractivity contribution in [2.45, 2.75) is 31.7 Å². The molecule has 1 N–H and O–H groups in total. The van der Waals surface area contributed by atoms with Crippen LogP contribution in [0.1, 0.15) is 31.2 Å². The van der Waals surface area contributed by atoms with Crippen molar-refractivity contribution in [3.8, 4) is 11.5 Å². The molecule has 0 bridgehead atoms. The summed E-state index contributed by atoms with van der Waals surface area (Å²) in [6.07, 6.45) is 7.09. The lowest BCUT2D eigenvalue weighted by Gasteiger charge is -2.11. The molecule has 0 atom stereocenters. The van der Waals surface area contributed by atoms with Gasteiger partial charge in [-0.05, 0) is 25.0 Å². The molecule has 1 fully saturated rings. The van der Waals surface area contributed by atoms with Crippen LogP contribution in [-0.2, 0) is 14.3 Å². The SMILES string of the molecule is COc1cccc(/C=C/C(=O)OCC(=O)NC2CCCC2)c1OC. The number of carbonyl (C=O) groups excluding carboxylic acids is 2. The molecule has 1 aromatic rings. The molecule has 0 radical (unpaired) electrons. The number of para-hydroxylation sites is 1. The second kappa shape index (κ2) is 8.96. The van der Waals surface area contributed by atoms with E-state index in [0.717, 1.165) is 25.7 Å². The van der Waals surface area contributed by atoms with Crippen molar-refractivity contribution in [2.75, 3.05) is 20.8 Å². The zero-order valence-corrected chi connectivity index (χ0v) is 14.0. The van der Waals surface area contributed by atoms with E-state index in [2.05, 4.69) is 5.32 Å². The molecule has 0 saturated heterocycles. The van der Waals surface area contributed by atoms with Crippen molar-refractivity contribution in [1.82, 2.24) is 5.32 Å². The topological polar surface area (TPSA) is 73.9 Å². The molecule has 6 heteroatoms. The Kier molecular flexibility index (Phi) is 6.66. The monoisotopic (exact) mass is 333 g/mol. The predicted octanol–water partition coefficient (Wildman–Crippen LogP) is 2.32. The predicted molar refractivity (Wildman–Crippen MR) is 89.9 cm³/mol. The highest BCUT2D eigenvalue weighted by atomic mass is 16.5. The second-order valence-corrected chi connectivity index (χ2v) is 5.57. The highest BCUT2D eigenvalue weighted by molar-refractivity contribution is 5.89. The van der Waals surface area contributed by atoms with Crippen LogP contribution in [0.15, 0.2) is 24.3 Å². The molecule has 1 aromatic carbocycles. The van der Waals surface area contributed by atoms with E-state index in [-0.39, 0.29) is 18.6 Å². The molecule has 6 nitrogen and oxygen atoms in total. The number of methoxy groups -OCH3 is 2. The number of benzene rings is 1. The normalized spacial score (nSPS) is 14.6. The van der Waals surface area contributed by atoms with Crippen LogP contribution < -0.4 is 14.8 Å². The van der Waals surface area contributed by atoms with Crippen LogP contribution in [0.3, 0.4) is 0 Å². The van der Waals surface area contributed by atoms with Gasteiger partial charge in [-0.1, -0.05) is 25.0 Å². The lowest BCUT2D eigenvalue weighted by atomic mass is 10.1. The van der Waals surface area contributed by atoms with Gasteiger partial charge in [0.15, 0.2) is 18.1 Å². The van der Waals surface area contributed by atoms with Crippen LogP contribution in [0.5, 0.6) is 11.5 Å². The van der Waals surface area contributed by atoms with Crippen LogP contribution in [0.25, 0.3) is 6.08 Å². The van der Waals surface area contributed by atoms with Crippen LogP contribution >= 0.6 is 0 Å². The molecule has 0 unspecified atom stereocenters. The van der Waals surface area contributed by atoms with Crippen molar-refractivity contribution < 1.29 is 23.8 Å². The highest BCUT2D eigenvalue weighted by Crippen LogP contribution is 2.31. The van der Waals surface area contributed by atoms with Crippen molar-refractivity contribution >= 4 is 18.0 Å². The molecule has 2 rings (SSSR count). The lowest BCUT2D eigenvalue weighted by Crippen LogP contribution is -2.35. The van der Waals surface area contributed by atoms with Gasteiger partial charge in [0.05, 0.1) is 14.2 Å². The molecule has 24 heavy (non-hydrogen) atoms. The molecular weight excluding hydrogens is 310 g/mol. The Morgan fingerprint density at radius 2 is 1.96 bits per heavy atom. The van der Waals surface area contributed by atoms with Gasteiger partial charge in [-0.2, -0.15) is 0 Å². The Morgan fingerprint density at radius 1 is 1.21 bits per heavy atom. The van der Waals surface area contributed by atoms with Gasteiger partial charge in [-0.15, -0.1) is 0 Å². The van der Waals surface area contributed by atoms with Crippen molar-refractivity contribution in [3.63, 3.8) is 0 Å². The number of ether oxygens (including phenoxy) is 3. The number of hydrogen-bond donors (Lipinski definition) is 1. The summed E-state index contributed by atoms with van der Waals surface area (Å²) < 4.78 is 15.4. The smallest absolute Gasteiger partial charge is 0.331 e. The van der Waals surface area contributed by atoms with Crippen LogP contribution in [-0.4, -0.2) is 38.7 Å². The number of esters is 1. The summed E-state index contributed by atoms with van der Waals surface area (Å²) in [7, 11) is 3.07. The maximum absolute atomic E-state index is 11.8. The van der Waals surface area contributed by atoms with Crippen molar-refractivity contribution in [1.29, 1.82) is 0 Å². The fourth-order valence-electron chi connectivity index (χ4n) is 2.73. The number of hydrogen-bond acceptors (Lipinski definition) is 5. The quantitative estimate of drug-likeness (QED) is 0.612. The van der Waals surface area contributed by atoms with E-state index in [1.807, 2.05) is 0 Å². The van der Waals surface area contributed by atoms with E-state index in [1.54, 1.807) is 31.4 Å². The van der Waals surface area contributed by atoms with Gasteiger partial charge >= 0.3 is 5.97 Å². The van der Waals surface area contributed by atoms with Crippen molar-refractivity contribution in [2.24, 2.45) is 0 Å². The van der Waals surface area contributed by atoms with Crippen LogP contribution in [0, 0.1) is 0 Å². The Bertz CT molecular complexity index is 605. The number of carbonyl (C=O) groups is 2. The minimum atomic E-state index is -0.582. The van der Waals surface area contributed by atoms with Gasteiger partial charge in [0, 0.05) is 17.7 Å². The third kappa shape index (κ3) is 5.01. The number of rotatable bonds is 7. The maximum atomic E-state index is 11.8. The van der Waals surface area contributed by atoms with E-state index in [9.17, 15) is 9.59 Å². The van der Waals surface area contributed by atoms with E-state index in [0.29, 0.717) is 17.1 Å². The van der Waals surface area contributed by atoms with Crippen molar-refractivity contribution in [3.05, 3.63) is 29.8 Å². The fourth-order valence-corrected chi connectivity index (χ4v) is 2.73. The molecule has 1 saturated carbocycles. The molecule has 0 aliphatic heterocycles. The Hall–Kier alpha value is -2.50. The Labute approximate surface area is 141 Å². The van der Waals surface area contributed by atoms with Gasteiger partial charge in [-0.3, -0.25) is 4.79 Å². The van der Waals surface area contributed by atoms with Gasteiger partial charge in [0.2, 0.25) is 0 Å². The summed E-state index contributed by atoms with van der Waals surface area (Å²) in [5.41, 5.74) is 0.684. The average molecular weight is 333 g/mol. The molecule has 0 spiro atoms. The molecule has 0 aromatic heterocycles.